The van der Waals surface area contributed by atoms with Gasteiger partial charge in [-0.15, -0.1) is 0 Å². The summed E-state index contributed by atoms with van der Waals surface area (Å²) < 4.78 is -1.02. The predicted molar refractivity (Wildman–Crippen MR) is 56.6 cm³/mol. The van der Waals surface area contributed by atoms with Crippen molar-refractivity contribution in [3.05, 3.63) is 0 Å². The molecule has 0 aliphatic rings. The van der Waals surface area contributed by atoms with Crippen molar-refractivity contribution in [2.24, 2.45) is 5.73 Å². The third-order valence-electron chi connectivity index (χ3n) is 2.28. The summed E-state index contributed by atoms with van der Waals surface area (Å²) in [6.07, 6.45) is -5.65. The number of nitrogens with two attached hydrogens (primary N) is 1. The zero-order valence-electron chi connectivity index (χ0n) is 8.50. The van der Waals surface area contributed by atoms with Crippen LogP contribution in [-0.4, -0.2) is 61.4 Å². The van der Waals surface area contributed by atoms with Gasteiger partial charge in [-0.05, 0) is 22.9 Å². The Labute approximate surface area is 100 Å². The SMILES string of the molecule is CC(=O)[C@](N)(C(=O)Br)[C@@H](O)[C@H](O)[C@H](O)CO. The molecule has 0 aromatic carbocycles. The summed E-state index contributed by atoms with van der Waals surface area (Å²) in [4.78, 5) is 22.3. The van der Waals surface area contributed by atoms with Crippen molar-refractivity contribution in [3.63, 3.8) is 0 Å². The van der Waals surface area contributed by atoms with Crippen molar-refractivity contribution in [2.75, 3.05) is 6.61 Å². The smallest absolute Gasteiger partial charge is 0.227 e. The standard InChI is InChI=1S/C8H14BrNO6/c1-3(12)8(10,7(9)16)6(15)5(14)4(13)2-11/h4-6,11,13-15H,2,10H2,1H3/t4-,5-,6+,8-/m1/s1. The zero-order chi connectivity index (χ0) is 13.1. The Balaban J connectivity index is 5.11. The topological polar surface area (TPSA) is 141 Å². The summed E-state index contributed by atoms with van der Waals surface area (Å²) in [7, 11) is 0. The molecule has 0 heterocycles. The minimum atomic E-state index is -2.37. The van der Waals surface area contributed by atoms with Crippen molar-refractivity contribution in [3.8, 4) is 0 Å². The second kappa shape index (κ2) is 5.80. The molecule has 0 amide bonds. The van der Waals surface area contributed by atoms with Gasteiger partial charge in [-0.25, -0.2) is 0 Å². The average molecular weight is 300 g/mol. The fourth-order valence-corrected chi connectivity index (χ4v) is 1.56. The largest absolute Gasteiger partial charge is 0.394 e. The van der Waals surface area contributed by atoms with Gasteiger partial charge in [0.2, 0.25) is 4.69 Å². The molecule has 7 nitrogen and oxygen atoms in total. The van der Waals surface area contributed by atoms with Gasteiger partial charge in [0.15, 0.2) is 11.3 Å². The number of ketones is 1. The van der Waals surface area contributed by atoms with Crippen molar-refractivity contribution < 1.29 is 30.0 Å². The van der Waals surface area contributed by atoms with Crippen LogP contribution in [0.3, 0.4) is 0 Å². The van der Waals surface area contributed by atoms with Gasteiger partial charge in [-0.3, -0.25) is 9.59 Å². The molecule has 6 N–H and O–H groups in total. The van der Waals surface area contributed by atoms with Crippen LogP contribution in [0.25, 0.3) is 0 Å². The van der Waals surface area contributed by atoms with E-state index in [1.807, 2.05) is 0 Å². The van der Waals surface area contributed by atoms with Crippen molar-refractivity contribution in [2.45, 2.75) is 30.8 Å². The maximum atomic E-state index is 11.2. The van der Waals surface area contributed by atoms with Gasteiger partial charge in [0, 0.05) is 0 Å². The number of aliphatic hydroxyl groups is 4. The second-order valence-electron chi connectivity index (χ2n) is 3.38. The highest BCUT2D eigenvalue weighted by Crippen LogP contribution is 2.19. The normalized spacial score (nSPS) is 20.7. The van der Waals surface area contributed by atoms with Crippen LogP contribution in [0.2, 0.25) is 0 Å². The maximum Gasteiger partial charge on any atom is 0.227 e. The number of carbonyl (C=O) groups excluding carboxylic acids is 2. The van der Waals surface area contributed by atoms with Crippen LogP contribution in [0, 0.1) is 0 Å². The quantitative estimate of drug-likeness (QED) is 0.265. The van der Waals surface area contributed by atoms with Gasteiger partial charge in [0.1, 0.15) is 18.3 Å². The Morgan fingerprint density at radius 3 is 2.06 bits per heavy atom. The van der Waals surface area contributed by atoms with E-state index in [1.165, 1.54) is 0 Å². The van der Waals surface area contributed by atoms with Crippen LogP contribution >= 0.6 is 15.9 Å². The van der Waals surface area contributed by atoms with Gasteiger partial charge >= 0.3 is 0 Å². The number of hydrogen-bond acceptors (Lipinski definition) is 7. The first-order chi connectivity index (χ1) is 7.19. The lowest BCUT2D eigenvalue weighted by atomic mass is 9.86. The molecule has 0 fully saturated rings. The van der Waals surface area contributed by atoms with E-state index in [0.29, 0.717) is 0 Å². The first-order valence-electron chi connectivity index (χ1n) is 4.34. The first-order valence-corrected chi connectivity index (χ1v) is 5.13. The fourth-order valence-electron chi connectivity index (χ4n) is 1.05. The summed E-state index contributed by atoms with van der Waals surface area (Å²) in [5.41, 5.74) is 3.01. The number of hydrogen-bond donors (Lipinski definition) is 5. The molecule has 0 aliphatic carbocycles. The number of Topliss-reactive ketones (excluding diaryl/α,β-unsaturated/α-hetero) is 1. The zero-order valence-corrected chi connectivity index (χ0v) is 10.1. The molecule has 0 bridgehead atoms. The fraction of sp³-hybridized carbons (Fsp3) is 0.750. The summed E-state index contributed by atoms with van der Waals surface area (Å²) in [6, 6.07) is 0. The molecular formula is C8H14BrNO6. The summed E-state index contributed by atoms with van der Waals surface area (Å²) in [5.74, 6) is -0.883. The highest BCUT2D eigenvalue weighted by Gasteiger charge is 2.49. The number of rotatable bonds is 6. The molecule has 16 heavy (non-hydrogen) atoms. The molecule has 94 valence electrons. The molecule has 4 atom stereocenters. The predicted octanol–water partition coefficient (Wildman–Crippen LogP) is -2.73. The van der Waals surface area contributed by atoms with Gasteiger partial charge in [0.05, 0.1) is 6.61 Å². The van der Waals surface area contributed by atoms with Crippen LogP contribution in [0.4, 0.5) is 0 Å². The number of carbonyl (C=O) groups is 2. The molecule has 0 unspecified atom stereocenters. The van der Waals surface area contributed by atoms with Gasteiger partial charge in [-0.1, -0.05) is 0 Å². The van der Waals surface area contributed by atoms with Crippen LogP contribution in [0.15, 0.2) is 0 Å². The van der Waals surface area contributed by atoms with E-state index in [0.717, 1.165) is 6.92 Å². The Kier molecular flexibility index (Phi) is 5.66. The van der Waals surface area contributed by atoms with Crippen LogP contribution in [-0.2, 0) is 9.59 Å². The van der Waals surface area contributed by atoms with Crippen molar-refractivity contribution in [1.82, 2.24) is 0 Å². The molecule has 0 spiro atoms. The van der Waals surface area contributed by atoms with E-state index in [1.54, 1.807) is 0 Å². The van der Waals surface area contributed by atoms with Gasteiger partial charge < -0.3 is 26.2 Å². The Hall–Kier alpha value is -0.380. The van der Waals surface area contributed by atoms with Crippen LogP contribution in [0.5, 0.6) is 0 Å². The van der Waals surface area contributed by atoms with E-state index in [2.05, 4.69) is 15.9 Å². The molecule has 0 aliphatic heterocycles. The Morgan fingerprint density at radius 1 is 1.38 bits per heavy atom. The third kappa shape index (κ3) is 2.84. The van der Waals surface area contributed by atoms with Crippen molar-refractivity contribution >= 4 is 26.4 Å². The van der Waals surface area contributed by atoms with Crippen LogP contribution in [0.1, 0.15) is 6.92 Å². The molecule has 0 aromatic rings. The second-order valence-corrected chi connectivity index (χ2v) is 4.10. The Morgan fingerprint density at radius 2 is 1.81 bits per heavy atom. The minimum Gasteiger partial charge on any atom is -0.394 e. The van der Waals surface area contributed by atoms with E-state index >= 15 is 0 Å². The van der Waals surface area contributed by atoms with E-state index < -0.39 is 40.9 Å². The van der Waals surface area contributed by atoms with Crippen molar-refractivity contribution in [1.29, 1.82) is 0 Å². The third-order valence-corrected chi connectivity index (χ3v) is 2.94. The minimum absolute atomic E-state index is 0.845. The van der Waals surface area contributed by atoms with Gasteiger partial charge in [-0.2, -0.15) is 0 Å². The molecular weight excluding hydrogens is 286 g/mol. The van der Waals surface area contributed by atoms with E-state index in [4.69, 9.17) is 15.9 Å². The first kappa shape index (κ1) is 15.6. The molecule has 0 saturated carbocycles. The number of halogens is 1. The van der Waals surface area contributed by atoms with Crippen LogP contribution < -0.4 is 5.73 Å². The van der Waals surface area contributed by atoms with Gasteiger partial charge in [0.25, 0.3) is 0 Å². The molecule has 0 aromatic heterocycles. The molecule has 0 radical (unpaired) electrons. The lowest BCUT2D eigenvalue weighted by molar-refractivity contribution is -0.144. The monoisotopic (exact) mass is 299 g/mol. The maximum absolute atomic E-state index is 11.2. The highest BCUT2D eigenvalue weighted by molar-refractivity contribution is 9.18. The molecule has 8 heteroatoms. The Bertz CT molecular complexity index is 270. The van der Waals surface area contributed by atoms with E-state index in [9.17, 15) is 19.8 Å². The number of aliphatic hydroxyl groups excluding tert-OH is 4. The summed E-state index contributed by atoms with van der Waals surface area (Å²) >= 11 is 2.44. The summed E-state index contributed by atoms with van der Waals surface area (Å²) in [5, 5.41) is 36.5. The van der Waals surface area contributed by atoms with E-state index in [-0.39, 0.29) is 0 Å². The lowest BCUT2D eigenvalue weighted by Gasteiger charge is -2.32. The highest BCUT2D eigenvalue weighted by atomic mass is 79.9. The molecule has 0 saturated heterocycles. The molecule has 0 rings (SSSR count). The average Bonchev–Trinajstić information content (AvgIpc) is 2.23. The lowest BCUT2D eigenvalue weighted by Crippen LogP contribution is -2.66. The summed E-state index contributed by atoms with van der Waals surface area (Å²) in [6.45, 7) is 0.114.